The van der Waals surface area contributed by atoms with Crippen LogP contribution < -0.4 is 5.32 Å². The van der Waals surface area contributed by atoms with Crippen molar-refractivity contribution in [2.24, 2.45) is 0 Å². The molecule has 1 aromatic rings. The van der Waals surface area contributed by atoms with Gasteiger partial charge in [0, 0.05) is 5.56 Å². The van der Waals surface area contributed by atoms with Gasteiger partial charge in [-0.2, -0.15) is 22.0 Å². The molecule has 0 saturated carbocycles. The van der Waals surface area contributed by atoms with Gasteiger partial charge in [-0.05, 0) is 5.56 Å². The Kier molecular flexibility index (Phi) is 3.11. The number of hydrogen-bond acceptors (Lipinski definition) is 2. The highest BCUT2D eigenvalue weighted by molar-refractivity contribution is 5.70. The fraction of sp³-hybridized carbons (Fsp3) is 0.364. The number of ether oxygens (including phenoxy) is 1. The van der Waals surface area contributed by atoms with Crippen molar-refractivity contribution < 1.29 is 31.5 Å². The minimum atomic E-state index is -5.64. The number of nitrogens with one attached hydrogen (secondary N) is 1. The summed E-state index contributed by atoms with van der Waals surface area (Å²) in [5, 5.41) is 2.39. The van der Waals surface area contributed by atoms with Crippen molar-refractivity contribution in [3.63, 3.8) is 0 Å². The minimum Gasteiger partial charge on any atom is -0.447 e. The summed E-state index contributed by atoms with van der Waals surface area (Å²) >= 11 is 0. The first kappa shape index (κ1) is 13.6. The number of benzene rings is 1. The second-order valence-electron chi connectivity index (χ2n) is 3.99. The lowest BCUT2D eigenvalue weighted by atomic mass is 10.0. The summed E-state index contributed by atoms with van der Waals surface area (Å²) in [7, 11) is 0. The van der Waals surface area contributed by atoms with Crippen LogP contribution >= 0.6 is 0 Å². The lowest BCUT2D eigenvalue weighted by molar-refractivity contribution is -0.289. The molecule has 0 radical (unpaired) electrons. The lowest BCUT2D eigenvalue weighted by Crippen LogP contribution is -2.33. The zero-order valence-electron chi connectivity index (χ0n) is 9.30. The zero-order valence-corrected chi connectivity index (χ0v) is 9.30. The predicted octanol–water partition coefficient (Wildman–Crippen LogP) is 3.12. The normalized spacial score (nSPS) is 20.1. The molecule has 1 unspecified atom stereocenters. The van der Waals surface area contributed by atoms with E-state index in [4.69, 9.17) is 0 Å². The van der Waals surface area contributed by atoms with Gasteiger partial charge in [-0.1, -0.05) is 24.3 Å². The van der Waals surface area contributed by atoms with Gasteiger partial charge in [-0.3, -0.25) is 0 Å². The van der Waals surface area contributed by atoms with Gasteiger partial charge in [0.15, 0.2) is 0 Å². The number of carbonyl (C=O) groups excluding carboxylic acids is 1. The van der Waals surface area contributed by atoms with E-state index >= 15 is 0 Å². The molecule has 0 aliphatic carbocycles. The average Bonchev–Trinajstić information content (AvgIpc) is 2.74. The van der Waals surface area contributed by atoms with Crippen LogP contribution in [0.15, 0.2) is 24.3 Å². The molecule has 1 amide bonds. The first-order valence-corrected chi connectivity index (χ1v) is 5.20. The van der Waals surface area contributed by atoms with E-state index in [1.807, 2.05) is 0 Å². The van der Waals surface area contributed by atoms with Crippen molar-refractivity contribution in [2.75, 3.05) is 6.61 Å². The molecule has 3 nitrogen and oxygen atoms in total. The van der Waals surface area contributed by atoms with Gasteiger partial charge >= 0.3 is 18.2 Å². The lowest BCUT2D eigenvalue weighted by Gasteiger charge is -2.20. The molecule has 19 heavy (non-hydrogen) atoms. The van der Waals surface area contributed by atoms with Gasteiger partial charge in [-0.15, -0.1) is 0 Å². The first-order valence-electron chi connectivity index (χ1n) is 5.20. The zero-order chi connectivity index (χ0) is 14.3. The summed E-state index contributed by atoms with van der Waals surface area (Å²) in [6.07, 6.45) is -6.30. The van der Waals surface area contributed by atoms with Gasteiger partial charge in [0.25, 0.3) is 0 Å². The summed E-state index contributed by atoms with van der Waals surface area (Å²) in [4.78, 5) is 10.8. The van der Waals surface area contributed by atoms with Gasteiger partial charge < -0.3 is 10.1 Å². The third kappa shape index (κ3) is 2.47. The average molecular weight is 281 g/mol. The topological polar surface area (TPSA) is 38.3 Å². The highest BCUT2D eigenvalue weighted by Crippen LogP contribution is 2.43. The molecule has 1 N–H and O–H groups in total. The van der Waals surface area contributed by atoms with Crippen molar-refractivity contribution in [3.8, 4) is 0 Å². The third-order valence-electron chi connectivity index (χ3n) is 2.70. The first-order chi connectivity index (χ1) is 8.72. The second-order valence-corrected chi connectivity index (χ2v) is 3.99. The predicted molar refractivity (Wildman–Crippen MR) is 53.6 cm³/mol. The van der Waals surface area contributed by atoms with Gasteiger partial charge in [-0.25, -0.2) is 4.79 Å². The quantitative estimate of drug-likeness (QED) is 0.846. The Balaban J connectivity index is 2.21. The Labute approximate surface area is 104 Å². The van der Waals surface area contributed by atoms with Crippen LogP contribution in [0.2, 0.25) is 0 Å². The molecular formula is C11H8F5NO2. The number of carbonyl (C=O) groups is 1. The number of rotatable bonds is 2. The van der Waals surface area contributed by atoms with Gasteiger partial charge in [0.05, 0.1) is 6.04 Å². The largest absolute Gasteiger partial charge is 0.458 e. The molecule has 0 aromatic heterocycles. The van der Waals surface area contributed by atoms with E-state index in [1.54, 1.807) is 0 Å². The number of halogens is 5. The van der Waals surface area contributed by atoms with E-state index in [0.717, 1.165) is 12.1 Å². The van der Waals surface area contributed by atoms with E-state index in [1.165, 1.54) is 0 Å². The number of cyclic esters (lactones) is 1. The second kappa shape index (κ2) is 4.36. The molecule has 0 bridgehead atoms. The molecule has 8 heteroatoms. The molecule has 0 spiro atoms. The van der Waals surface area contributed by atoms with Crippen LogP contribution in [-0.2, 0) is 10.7 Å². The smallest absolute Gasteiger partial charge is 0.447 e. The number of alkyl halides is 5. The van der Waals surface area contributed by atoms with Gasteiger partial charge in [0.2, 0.25) is 0 Å². The molecule has 1 heterocycles. The maximum absolute atomic E-state index is 13.0. The third-order valence-corrected chi connectivity index (χ3v) is 2.70. The summed E-state index contributed by atoms with van der Waals surface area (Å²) in [6.45, 7) is 0.00778. The Morgan fingerprint density at radius 1 is 1.11 bits per heavy atom. The van der Waals surface area contributed by atoms with E-state index in [9.17, 15) is 26.7 Å². The number of hydrogen-bond donors (Lipinski definition) is 1. The Bertz CT molecular complexity index is 483. The standard InChI is InChI=1S/C11H8F5NO2/c12-10(13,11(14,15)16)7-3-1-6(2-4-7)8-5-19-9(18)17-8/h1-4,8H,5H2,(H,17,18). The van der Waals surface area contributed by atoms with E-state index in [0.29, 0.717) is 17.7 Å². The SMILES string of the molecule is O=C1NC(c2ccc(C(F)(F)C(F)(F)F)cc2)CO1. The number of alkyl carbamates (subject to hydrolysis) is 1. The van der Waals surface area contributed by atoms with Crippen molar-refractivity contribution >= 4 is 6.09 Å². The van der Waals surface area contributed by atoms with Crippen LogP contribution in [0.5, 0.6) is 0 Å². The summed E-state index contributed by atoms with van der Waals surface area (Å²) in [5.74, 6) is -4.90. The molecule has 1 aliphatic rings. The Hall–Kier alpha value is -1.86. The molecule has 1 atom stereocenters. The molecule has 2 rings (SSSR count). The molecule has 1 fully saturated rings. The molecule has 1 saturated heterocycles. The fourth-order valence-electron chi connectivity index (χ4n) is 1.65. The van der Waals surface area contributed by atoms with Crippen LogP contribution in [0.3, 0.4) is 0 Å². The summed E-state index contributed by atoms with van der Waals surface area (Å²) in [5.41, 5.74) is -0.749. The van der Waals surface area contributed by atoms with Gasteiger partial charge in [0.1, 0.15) is 6.61 Å². The highest BCUT2D eigenvalue weighted by atomic mass is 19.4. The summed E-state index contributed by atoms with van der Waals surface area (Å²) in [6, 6.07) is 3.05. The van der Waals surface area contributed by atoms with E-state index < -0.39 is 29.8 Å². The summed E-state index contributed by atoms with van der Waals surface area (Å²) < 4.78 is 67.1. The molecule has 104 valence electrons. The maximum atomic E-state index is 13.0. The molecule has 1 aliphatic heterocycles. The van der Waals surface area contributed by atoms with Crippen LogP contribution in [-0.4, -0.2) is 18.9 Å². The van der Waals surface area contributed by atoms with Crippen molar-refractivity contribution in [3.05, 3.63) is 35.4 Å². The van der Waals surface area contributed by atoms with Crippen molar-refractivity contribution in [1.82, 2.24) is 5.32 Å². The Morgan fingerprint density at radius 3 is 2.11 bits per heavy atom. The van der Waals surface area contributed by atoms with Crippen molar-refractivity contribution in [2.45, 2.75) is 18.1 Å². The van der Waals surface area contributed by atoms with Crippen molar-refractivity contribution in [1.29, 1.82) is 0 Å². The monoisotopic (exact) mass is 281 g/mol. The molecule has 1 aromatic carbocycles. The van der Waals surface area contributed by atoms with E-state index in [2.05, 4.69) is 10.1 Å². The molecular weight excluding hydrogens is 273 g/mol. The van der Waals surface area contributed by atoms with Crippen LogP contribution in [0.25, 0.3) is 0 Å². The minimum absolute atomic E-state index is 0.00778. The maximum Gasteiger partial charge on any atom is 0.458 e. The highest BCUT2D eigenvalue weighted by Gasteiger charge is 2.58. The fourth-order valence-corrected chi connectivity index (χ4v) is 1.65. The Morgan fingerprint density at radius 2 is 1.68 bits per heavy atom. The van der Waals surface area contributed by atoms with E-state index in [-0.39, 0.29) is 6.61 Å². The van der Waals surface area contributed by atoms with Crippen LogP contribution in [0.1, 0.15) is 17.2 Å². The number of amides is 1. The van der Waals surface area contributed by atoms with Crippen LogP contribution in [0.4, 0.5) is 26.7 Å². The van der Waals surface area contributed by atoms with Crippen LogP contribution in [0, 0.1) is 0 Å².